The number of rotatable bonds is 10. The minimum absolute atomic E-state index is 0.112. The second kappa shape index (κ2) is 9.94. The standard InChI is InChI=1S/C21H28O4/c1-16-7-6-10-19(13-16)25-15-18(22)9-5-4-8-17-11-12-20(23-2)21(14-17)24-3/h6-7,10-14,18,22H,4-5,8-9,15H2,1-3H3/i2D3,6D,7D,8D2,9D2,10D,11D,12D,13D,14D,15D2. The predicted molar refractivity (Wildman–Crippen MR) is 99.8 cm³/mol. The molecule has 2 aromatic rings. The molecule has 0 saturated carbocycles. The molecule has 2 aromatic carbocycles. The zero-order valence-corrected chi connectivity index (χ0v) is 13.7. The summed E-state index contributed by atoms with van der Waals surface area (Å²) < 4.78 is 142. The summed E-state index contributed by atoms with van der Waals surface area (Å²) in [6.07, 6.45) is -10.1. The molecule has 1 unspecified atom stereocenters. The van der Waals surface area contributed by atoms with Crippen molar-refractivity contribution in [3.8, 4) is 17.2 Å². The quantitative estimate of drug-likeness (QED) is 0.691. The minimum Gasteiger partial charge on any atom is -0.493 e. The number of hydrogen-bond donors (Lipinski definition) is 1. The van der Waals surface area contributed by atoms with Crippen molar-refractivity contribution < 1.29 is 41.2 Å². The zero-order valence-electron chi connectivity index (χ0n) is 29.7. The molecule has 0 bridgehead atoms. The van der Waals surface area contributed by atoms with Gasteiger partial charge in [-0.1, -0.05) is 24.5 Å². The number of methoxy groups -OCH3 is 2. The average molecular weight is 361 g/mol. The Morgan fingerprint density at radius 2 is 2.04 bits per heavy atom. The van der Waals surface area contributed by atoms with Crippen molar-refractivity contribution in [1.29, 1.82) is 0 Å². The van der Waals surface area contributed by atoms with E-state index >= 15 is 0 Å². The summed E-state index contributed by atoms with van der Waals surface area (Å²) in [5.74, 6) is -2.23. The van der Waals surface area contributed by atoms with Crippen LogP contribution in [0.15, 0.2) is 42.3 Å². The van der Waals surface area contributed by atoms with Crippen molar-refractivity contribution in [2.45, 2.75) is 38.6 Å². The fraction of sp³-hybridized carbons (Fsp3) is 0.429. The molecule has 0 spiro atoms. The molecule has 0 aliphatic heterocycles. The zero-order chi connectivity index (χ0) is 32.0. The molecule has 1 N–H and O–H groups in total. The summed E-state index contributed by atoms with van der Waals surface area (Å²) in [6, 6.07) is -5.23. The van der Waals surface area contributed by atoms with Crippen LogP contribution < -0.4 is 14.2 Å². The number of aliphatic hydroxyl groups is 1. The summed E-state index contributed by atoms with van der Waals surface area (Å²) in [5, 5.41) is 10.6. The largest absolute Gasteiger partial charge is 0.493 e. The van der Waals surface area contributed by atoms with Crippen molar-refractivity contribution >= 4 is 0 Å². The summed E-state index contributed by atoms with van der Waals surface area (Å²) >= 11 is 0. The summed E-state index contributed by atoms with van der Waals surface area (Å²) in [7, 11) is -2.08. The van der Waals surface area contributed by atoms with Gasteiger partial charge in [0, 0.05) is 5.48 Å². The molecule has 0 saturated heterocycles. The van der Waals surface area contributed by atoms with Gasteiger partial charge in [-0.15, -0.1) is 0 Å². The van der Waals surface area contributed by atoms with Crippen molar-refractivity contribution in [2.75, 3.05) is 20.7 Å². The predicted octanol–water partition coefficient (Wildman–Crippen LogP) is 4.16. The van der Waals surface area contributed by atoms with Crippen LogP contribution >= 0.6 is 0 Å². The summed E-state index contributed by atoms with van der Waals surface area (Å²) in [4.78, 5) is 0. The van der Waals surface area contributed by atoms with Crippen molar-refractivity contribution in [3.63, 3.8) is 0 Å². The van der Waals surface area contributed by atoms with Crippen molar-refractivity contribution in [2.24, 2.45) is 0 Å². The molecule has 2 rings (SSSR count). The maximum atomic E-state index is 10.6. The van der Waals surface area contributed by atoms with Crippen LogP contribution in [0.25, 0.3) is 0 Å². The third-order valence-corrected chi connectivity index (χ3v) is 2.82. The maximum Gasteiger partial charge on any atom is 0.160 e. The first-order valence-corrected chi connectivity index (χ1v) is 7.22. The van der Waals surface area contributed by atoms with Crippen LogP contribution in [0, 0.1) is 6.92 Å². The molecule has 0 aliphatic rings. The fourth-order valence-corrected chi connectivity index (χ4v) is 1.70. The third kappa shape index (κ3) is 6.31. The Morgan fingerprint density at radius 3 is 2.84 bits per heavy atom. The van der Waals surface area contributed by atoms with Gasteiger partial charge < -0.3 is 19.3 Å². The second-order valence-electron chi connectivity index (χ2n) is 4.67. The Morgan fingerprint density at radius 1 is 1.16 bits per heavy atom. The van der Waals surface area contributed by atoms with Crippen LogP contribution in [0.4, 0.5) is 0 Å². The molecule has 0 radical (unpaired) electrons. The lowest BCUT2D eigenvalue weighted by atomic mass is 10.0. The Balaban J connectivity index is 2.41. The van der Waals surface area contributed by atoms with E-state index in [1.807, 2.05) is 0 Å². The van der Waals surface area contributed by atoms with Gasteiger partial charge in [0.2, 0.25) is 0 Å². The number of aliphatic hydroxyl groups excluding tert-OH is 1. The highest BCUT2D eigenvalue weighted by Gasteiger charge is 2.07. The maximum absolute atomic E-state index is 10.6. The molecule has 136 valence electrons. The molecule has 0 aliphatic carbocycles. The lowest BCUT2D eigenvalue weighted by molar-refractivity contribution is 0.0976. The topological polar surface area (TPSA) is 47.9 Å². The molecule has 4 heteroatoms. The first kappa shape index (κ1) is 6.84. The van der Waals surface area contributed by atoms with E-state index in [0.29, 0.717) is 0 Å². The molecular formula is C21H28O4. The highest BCUT2D eigenvalue weighted by molar-refractivity contribution is 5.42. The minimum atomic E-state index is -3.31. The molecule has 4 nitrogen and oxygen atoms in total. The lowest BCUT2D eigenvalue weighted by Gasteiger charge is -2.13. The van der Waals surface area contributed by atoms with Gasteiger partial charge in [-0.05, 0) is 61.4 Å². The SMILES string of the molecule is [2H]c1c([2H])c(C)c([2H])c(OC([2H])([2H])C(O)C([2H])([2H])CCC([2H])([2H])c2c([2H])c([2H])c(OC([2H])([2H])[2H])c(OC)c2[2H])c1[2H]. The molecule has 0 aromatic heterocycles. The van der Waals surface area contributed by atoms with E-state index in [-0.39, 0.29) is 5.56 Å². The molecule has 0 amide bonds. The summed E-state index contributed by atoms with van der Waals surface area (Å²) in [6.45, 7) is -2.04. The normalized spacial score (nSPS) is 23.3. The van der Waals surface area contributed by atoms with Gasteiger partial charge in [-0.3, -0.25) is 0 Å². The molecule has 1 atom stereocenters. The Hall–Kier alpha value is -2.20. The first-order chi connectivity index (χ1) is 18.4. The van der Waals surface area contributed by atoms with Crippen LogP contribution in [-0.2, 0) is 6.37 Å². The Kier molecular flexibility index (Phi) is 2.72. The molecular weight excluding hydrogens is 316 g/mol. The average Bonchev–Trinajstić information content (AvgIpc) is 2.85. The Bertz CT molecular complexity index is 1280. The van der Waals surface area contributed by atoms with E-state index in [9.17, 15) is 5.11 Å². The van der Waals surface area contributed by atoms with Gasteiger partial charge in [0.15, 0.2) is 11.5 Å². The van der Waals surface area contributed by atoms with Gasteiger partial charge in [0.25, 0.3) is 0 Å². The molecule has 0 fully saturated rings. The fourth-order valence-electron chi connectivity index (χ4n) is 1.70. The van der Waals surface area contributed by atoms with Gasteiger partial charge in [-0.2, -0.15) is 0 Å². The van der Waals surface area contributed by atoms with Crippen molar-refractivity contribution in [1.82, 2.24) is 0 Å². The van der Waals surface area contributed by atoms with Gasteiger partial charge >= 0.3 is 0 Å². The lowest BCUT2D eigenvalue weighted by Crippen LogP contribution is -2.17. The highest BCUT2D eigenvalue weighted by atomic mass is 16.5. The van der Waals surface area contributed by atoms with Gasteiger partial charge in [-0.25, -0.2) is 0 Å². The highest BCUT2D eigenvalue weighted by Crippen LogP contribution is 2.28. The van der Waals surface area contributed by atoms with Crippen LogP contribution in [0.2, 0.25) is 0 Å². The molecule has 25 heavy (non-hydrogen) atoms. The van der Waals surface area contributed by atoms with E-state index in [2.05, 4.69) is 4.74 Å². The number of ether oxygens (including phenoxy) is 3. The van der Waals surface area contributed by atoms with E-state index in [1.54, 1.807) is 0 Å². The van der Waals surface area contributed by atoms with Crippen LogP contribution in [0.1, 0.15) is 52.3 Å². The van der Waals surface area contributed by atoms with E-state index in [1.165, 1.54) is 6.92 Å². The van der Waals surface area contributed by atoms with Crippen molar-refractivity contribution in [3.05, 3.63) is 53.4 Å². The van der Waals surface area contributed by atoms with Crippen LogP contribution in [0.3, 0.4) is 0 Å². The van der Waals surface area contributed by atoms with Gasteiger partial charge in [0.1, 0.15) is 12.3 Å². The Labute approximate surface area is 172 Å². The number of hydrogen-bond acceptors (Lipinski definition) is 4. The van der Waals surface area contributed by atoms with E-state index in [4.69, 9.17) is 31.4 Å². The monoisotopic (exact) mass is 360 g/mol. The number of benzene rings is 2. The third-order valence-electron chi connectivity index (χ3n) is 2.82. The summed E-state index contributed by atoms with van der Waals surface area (Å²) in [5.41, 5.74) is -0.868. The second-order valence-corrected chi connectivity index (χ2v) is 4.67. The first-order valence-electron chi connectivity index (χ1n) is 15.2. The van der Waals surface area contributed by atoms with E-state index in [0.717, 1.165) is 7.11 Å². The smallest absolute Gasteiger partial charge is 0.160 e. The molecule has 0 heterocycles. The van der Waals surface area contributed by atoms with Gasteiger partial charge in [0.05, 0.1) is 36.7 Å². The van der Waals surface area contributed by atoms with E-state index < -0.39 is 110 Å². The van der Waals surface area contributed by atoms with Crippen LogP contribution in [0.5, 0.6) is 17.2 Å². The van der Waals surface area contributed by atoms with Crippen LogP contribution in [-0.4, -0.2) is 31.9 Å².